The van der Waals surface area contributed by atoms with E-state index < -0.39 is 0 Å². The summed E-state index contributed by atoms with van der Waals surface area (Å²) in [5, 5.41) is 1.10. The van der Waals surface area contributed by atoms with Gasteiger partial charge in [-0.3, -0.25) is 0 Å². The van der Waals surface area contributed by atoms with Gasteiger partial charge in [0.05, 0.1) is 5.52 Å². The summed E-state index contributed by atoms with van der Waals surface area (Å²) in [7, 11) is 0. The molecule has 5 nitrogen and oxygen atoms in total. The summed E-state index contributed by atoms with van der Waals surface area (Å²) in [5.41, 5.74) is 7.96. The molecule has 0 atom stereocenters. The van der Waals surface area contributed by atoms with E-state index in [1.165, 1.54) is 5.57 Å². The van der Waals surface area contributed by atoms with Crippen LogP contribution < -0.4 is 10.5 Å². The fourth-order valence-corrected chi connectivity index (χ4v) is 2.85. The molecule has 1 aliphatic rings. The second-order valence-electron chi connectivity index (χ2n) is 5.73. The maximum absolute atomic E-state index is 5.91. The summed E-state index contributed by atoms with van der Waals surface area (Å²) >= 11 is 0. The average Bonchev–Trinajstić information content (AvgIpc) is 3.04. The Labute approximate surface area is 140 Å². The molecule has 5 heteroatoms. The number of nitrogens with zero attached hydrogens (tertiary/aromatic N) is 3. The van der Waals surface area contributed by atoms with Crippen molar-refractivity contribution in [3.8, 4) is 11.6 Å². The Balaban J connectivity index is 1.58. The molecular weight excluding hydrogens is 300 g/mol. The third kappa shape index (κ3) is 2.88. The lowest BCUT2D eigenvalue weighted by Gasteiger charge is -2.10. The first-order valence-corrected chi connectivity index (χ1v) is 7.98. The summed E-state index contributed by atoms with van der Waals surface area (Å²) in [6.07, 6.45) is 12.4. The van der Waals surface area contributed by atoms with Gasteiger partial charge in [-0.05, 0) is 48.7 Å². The van der Waals surface area contributed by atoms with Gasteiger partial charge < -0.3 is 15.0 Å². The van der Waals surface area contributed by atoms with Crippen molar-refractivity contribution in [3.05, 3.63) is 66.5 Å². The minimum atomic E-state index is 0.267. The van der Waals surface area contributed by atoms with Crippen LogP contribution in [0.5, 0.6) is 5.75 Å². The Hall–Kier alpha value is -3.08. The van der Waals surface area contributed by atoms with Crippen LogP contribution in [0.1, 0.15) is 12.8 Å². The number of nitrogens with two attached hydrogens (primary N) is 1. The van der Waals surface area contributed by atoms with E-state index in [4.69, 9.17) is 10.5 Å². The van der Waals surface area contributed by atoms with Gasteiger partial charge in [0.25, 0.3) is 0 Å². The molecule has 2 N–H and O–H groups in total. The van der Waals surface area contributed by atoms with E-state index in [1.807, 2.05) is 41.1 Å². The molecule has 0 fully saturated rings. The first kappa shape index (κ1) is 14.5. The predicted octanol–water partition coefficient (Wildman–Crippen LogP) is 3.66. The molecule has 4 rings (SSSR count). The largest absolute Gasteiger partial charge is 0.489 e. The number of hydrogen-bond acceptors (Lipinski definition) is 4. The van der Waals surface area contributed by atoms with E-state index in [9.17, 15) is 0 Å². The number of fused-ring (bicyclic) bond motifs is 1. The number of rotatable bonds is 4. The molecule has 3 aromatic rings. The zero-order chi connectivity index (χ0) is 16.4. The lowest BCUT2D eigenvalue weighted by Crippen LogP contribution is -2.02. The molecule has 0 aliphatic heterocycles. The van der Waals surface area contributed by atoms with Crippen molar-refractivity contribution in [3.63, 3.8) is 0 Å². The highest BCUT2D eigenvalue weighted by molar-refractivity contribution is 5.83. The molecule has 1 aliphatic carbocycles. The lowest BCUT2D eigenvalue weighted by molar-refractivity contribution is 0.355. The van der Waals surface area contributed by atoms with Gasteiger partial charge in [0.2, 0.25) is 5.95 Å². The second-order valence-corrected chi connectivity index (χ2v) is 5.73. The zero-order valence-corrected chi connectivity index (χ0v) is 13.2. The SMILES string of the molecule is Nc1nccc(-n2ccc3cc(OCC4=CCCC=C4)ccc32)n1. The molecule has 0 saturated carbocycles. The van der Waals surface area contributed by atoms with E-state index in [0.717, 1.165) is 35.3 Å². The molecule has 2 heterocycles. The smallest absolute Gasteiger partial charge is 0.221 e. The molecule has 2 aromatic heterocycles. The molecule has 0 spiro atoms. The van der Waals surface area contributed by atoms with Crippen molar-refractivity contribution >= 4 is 16.9 Å². The van der Waals surface area contributed by atoms with Gasteiger partial charge in [-0.2, -0.15) is 4.98 Å². The number of anilines is 1. The van der Waals surface area contributed by atoms with Crippen LogP contribution >= 0.6 is 0 Å². The van der Waals surface area contributed by atoms with Crippen LogP contribution in [0.25, 0.3) is 16.7 Å². The third-order valence-corrected chi connectivity index (χ3v) is 4.05. The van der Waals surface area contributed by atoms with Crippen molar-refractivity contribution < 1.29 is 4.74 Å². The average molecular weight is 318 g/mol. The molecule has 0 saturated heterocycles. The van der Waals surface area contributed by atoms with Gasteiger partial charge in [0, 0.05) is 17.8 Å². The third-order valence-electron chi connectivity index (χ3n) is 4.05. The molecule has 0 radical (unpaired) electrons. The van der Waals surface area contributed by atoms with Gasteiger partial charge in [-0.25, -0.2) is 4.98 Å². The van der Waals surface area contributed by atoms with Crippen LogP contribution in [-0.4, -0.2) is 21.1 Å². The maximum atomic E-state index is 5.91. The summed E-state index contributed by atoms with van der Waals surface area (Å²) in [5.74, 6) is 1.88. The number of allylic oxidation sites excluding steroid dienone is 2. The van der Waals surface area contributed by atoms with E-state index in [-0.39, 0.29) is 5.95 Å². The molecule has 24 heavy (non-hydrogen) atoms. The monoisotopic (exact) mass is 318 g/mol. The molecule has 0 unspecified atom stereocenters. The highest BCUT2D eigenvalue weighted by Crippen LogP contribution is 2.25. The predicted molar refractivity (Wildman–Crippen MR) is 95.2 cm³/mol. The molecule has 1 aromatic carbocycles. The fraction of sp³-hybridized carbons (Fsp3) is 0.158. The Kier molecular flexibility index (Phi) is 3.75. The Morgan fingerprint density at radius 3 is 2.96 bits per heavy atom. The van der Waals surface area contributed by atoms with Crippen LogP contribution in [0.15, 0.2) is 66.5 Å². The molecule has 0 amide bonds. The molecule has 120 valence electrons. The Bertz CT molecular complexity index is 939. The zero-order valence-electron chi connectivity index (χ0n) is 13.2. The van der Waals surface area contributed by atoms with E-state index in [1.54, 1.807) is 6.20 Å². The van der Waals surface area contributed by atoms with Gasteiger partial charge >= 0.3 is 0 Å². The van der Waals surface area contributed by atoms with Crippen LogP contribution in [-0.2, 0) is 0 Å². The second kappa shape index (κ2) is 6.20. The number of nitrogen functional groups attached to an aromatic ring is 1. The number of benzene rings is 1. The van der Waals surface area contributed by atoms with Crippen molar-refractivity contribution in [2.45, 2.75) is 12.8 Å². The van der Waals surface area contributed by atoms with Gasteiger partial charge in [0.15, 0.2) is 0 Å². The quantitative estimate of drug-likeness (QED) is 0.797. The maximum Gasteiger partial charge on any atom is 0.221 e. The summed E-state index contributed by atoms with van der Waals surface area (Å²) in [4.78, 5) is 8.20. The number of aromatic nitrogens is 3. The van der Waals surface area contributed by atoms with Crippen molar-refractivity contribution in [1.29, 1.82) is 0 Å². The van der Waals surface area contributed by atoms with E-state index >= 15 is 0 Å². The molecular formula is C19H18N4O. The minimum Gasteiger partial charge on any atom is -0.489 e. The summed E-state index contributed by atoms with van der Waals surface area (Å²) in [6.45, 7) is 0.602. The highest BCUT2D eigenvalue weighted by atomic mass is 16.5. The van der Waals surface area contributed by atoms with Crippen molar-refractivity contribution in [2.24, 2.45) is 0 Å². The van der Waals surface area contributed by atoms with Crippen molar-refractivity contribution in [1.82, 2.24) is 14.5 Å². The van der Waals surface area contributed by atoms with Crippen LogP contribution in [0.2, 0.25) is 0 Å². The Morgan fingerprint density at radius 2 is 2.12 bits per heavy atom. The summed E-state index contributed by atoms with van der Waals surface area (Å²) < 4.78 is 7.90. The van der Waals surface area contributed by atoms with E-state index in [0.29, 0.717) is 6.61 Å². The Morgan fingerprint density at radius 1 is 1.17 bits per heavy atom. The molecule has 0 bridgehead atoms. The fourth-order valence-electron chi connectivity index (χ4n) is 2.85. The topological polar surface area (TPSA) is 66.0 Å². The normalized spacial score (nSPS) is 13.9. The number of hydrogen-bond donors (Lipinski definition) is 1. The standard InChI is InChI=1S/C19H18N4O/c20-19-21-10-8-18(22-19)23-11-9-15-12-16(6-7-17(15)23)24-13-14-4-2-1-3-5-14/h2,4-12H,1,3,13H2,(H2,20,21,22). The summed E-state index contributed by atoms with van der Waals surface area (Å²) in [6, 6.07) is 9.94. The van der Waals surface area contributed by atoms with Crippen LogP contribution in [0, 0.1) is 0 Å². The van der Waals surface area contributed by atoms with Crippen LogP contribution in [0.4, 0.5) is 5.95 Å². The lowest BCUT2D eigenvalue weighted by atomic mass is 10.1. The van der Waals surface area contributed by atoms with Gasteiger partial charge in [0.1, 0.15) is 18.2 Å². The first-order valence-electron chi connectivity index (χ1n) is 7.98. The van der Waals surface area contributed by atoms with Crippen molar-refractivity contribution in [2.75, 3.05) is 12.3 Å². The first-order chi connectivity index (χ1) is 11.8. The van der Waals surface area contributed by atoms with Crippen LogP contribution in [0.3, 0.4) is 0 Å². The van der Waals surface area contributed by atoms with E-state index in [2.05, 4.69) is 28.2 Å². The minimum absolute atomic E-state index is 0.267. The highest BCUT2D eigenvalue weighted by Gasteiger charge is 2.07. The van der Waals surface area contributed by atoms with Gasteiger partial charge in [-0.1, -0.05) is 18.2 Å². The number of ether oxygens (including phenoxy) is 1. The van der Waals surface area contributed by atoms with Gasteiger partial charge in [-0.15, -0.1) is 0 Å².